The van der Waals surface area contributed by atoms with Gasteiger partial charge in [-0.25, -0.2) is 4.39 Å². The van der Waals surface area contributed by atoms with Gasteiger partial charge in [0.15, 0.2) is 0 Å². The van der Waals surface area contributed by atoms with Crippen molar-refractivity contribution in [1.29, 1.82) is 0 Å². The molecule has 112 valence electrons. The summed E-state index contributed by atoms with van der Waals surface area (Å²) in [6, 6.07) is 5.88. The average molecular weight is 303 g/mol. The van der Waals surface area contributed by atoms with Gasteiger partial charge in [0.1, 0.15) is 11.9 Å². The highest BCUT2D eigenvalue weighted by molar-refractivity contribution is 5.85. The number of hydrogen-bond acceptors (Lipinski definition) is 3. The molecule has 4 nitrogen and oxygen atoms in total. The molecule has 0 spiro atoms. The number of nitrogens with zero attached hydrogens (tertiary/aromatic N) is 1. The summed E-state index contributed by atoms with van der Waals surface area (Å²) in [7, 11) is 1.52. The van der Waals surface area contributed by atoms with E-state index in [2.05, 4.69) is 0 Å². The van der Waals surface area contributed by atoms with Crippen molar-refractivity contribution in [3.8, 4) is 0 Å². The smallest absolute Gasteiger partial charge is 0.242 e. The Bertz CT molecular complexity index is 455. The van der Waals surface area contributed by atoms with Gasteiger partial charge >= 0.3 is 0 Å². The summed E-state index contributed by atoms with van der Waals surface area (Å²) in [4.78, 5) is 14.0. The largest absolute Gasteiger partial charge is 0.383 e. The summed E-state index contributed by atoms with van der Waals surface area (Å²) in [5, 5.41) is 0. The normalized spacial score (nSPS) is 15.3. The van der Waals surface area contributed by atoms with Crippen molar-refractivity contribution in [2.75, 3.05) is 13.7 Å². The van der Waals surface area contributed by atoms with Gasteiger partial charge in [-0.2, -0.15) is 0 Å². The first-order valence-electron chi connectivity index (χ1n) is 6.41. The van der Waals surface area contributed by atoms with Gasteiger partial charge in [0.05, 0.1) is 6.61 Å². The third kappa shape index (κ3) is 4.44. The molecule has 1 aromatic carbocycles. The van der Waals surface area contributed by atoms with E-state index >= 15 is 0 Å². The Hall–Kier alpha value is -1.17. The predicted octanol–water partition coefficient (Wildman–Crippen LogP) is 1.71. The zero-order chi connectivity index (χ0) is 13.8. The van der Waals surface area contributed by atoms with E-state index in [1.807, 2.05) is 6.07 Å². The molecule has 0 radical (unpaired) electrons. The lowest BCUT2D eigenvalue weighted by molar-refractivity contribution is -0.135. The second-order valence-corrected chi connectivity index (χ2v) is 4.89. The number of rotatable bonds is 6. The molecule has 0 heterocycles. The topological polar surface area (TPSA) is 55.6 Å². The molecule has 2 N–H and O–H groups in total. The van der Waals surface area contributed by atoms with Crippen LogP contribution in [0.1, 0.15) is 18.4 Å². The number of ether oxygens (including phenoxy) is 1. The number of carbonyl (C=O) groups excluding carboxylic acids is 1. The molecule has 1 saturated carbocycles. The SMILES string of the molecule is COCC(N)C(=O)N(Cc1cccc(F)c1)C1CC1.Cl. The molecule has 0 saturated heterocycles. The van der Waals surface area contributed by atoms with Gasteiger partial charge in [-0.05, 0) is 30.5 Å². The molecule has 1 aromatic rings. The monoisotopic (exact) mass is 302 g/mol. The molecule has 2 rings (SSSR count). The zero-order valence-electron chi connectivity index (χ0n) is 11.4. The van der Waals surface area contributed by atoms with E-state index in [1.165, 1.54) is 19.2 Å². The molecule has 6 heteroatoms. The van der Waals surface area contributed by atoms with Crippen LogP contribution >= 0.6 is 12.4 Å². The number of halogens is 2. The van der Waals surface area contributed by atoms with Crippen molar-refractivity contribution >= 4 is 18.3 Å². The van der Waals surface area contributed by atoms with Crippen LogP contribution in [0.15, 0.2) is 24.3 Å². The van der Waals surface area contributed by atoms with Crippen LogP contribution in [0.25, 0.3) is 0 Å². The molecule has 0 aliphatic heterocycles. The fourth-order valence-electron chi connectivity index (χ4n) is 2.07. The van der Waals surface area contributed by atoms with Crippen molar-refractivity contribution in [3.63, 3.8) is 0 Å². The van der Waals surface area contributed by atoms with Crippen LogP contribution < -0.4 is 5.73 Å². The maximum atomic E-state index is 13.2. The number of methoxy groups -OCH3 is 1. The van der Waals surface area contributed by atoms with Crippen molar-refractivity contribution in [1.82, 2.24) is 4.90 Å². The fraction of sp³-hybridized carbons (Fsp3) is 0.500. The van der Waals surface area contributed by atoms with E-state index < -0.39 is 6.04 Å². The zero-order valence-corrected chi connectivity index (χ0v) is 12.2. The minimum atomic E-state index is -0.654. The predicted molar refractivity (Wildman–Crippen MR) is 77.1 cm³/mol. The first-order valence-corrected chi connectivity index (χ1v) is 6.41. The number of amides is 1. The average Bonchev–Trinajstić information content (AvgIpc) is 3.20. The maximum absolute atomic E-state index is 13.2. The molecule has 0 bridgehead atoms. The van der Waals surface area contributed by atoms with E-state index in [1.54, 1.807) is 11.0 Å². The fourth-order valence-corrected chi connectivity index (χ4v) is 2.07. The van der Waals surface area contributed by atoms with E-state index in [0.717, 1.165) is 18.4 Å². The summed E-state index contributed by atoms with van der Waals surface area (Å²) in [6.45, 7) is 0.601. The molecule has 1 aliphatic carbocycles. The van der Waals surface area contributed by atoms with Crippen LogP contribution in [0, 0.1) is 5.82 Å². The third-order valence-corrected chi connectivity index (χ3v) is 3.18. The van der Waals surface area contributed by atoms with Gasteiger partial charge in [-0.3, -0.25) is 4.79 Å². The second kappa shape index (κ2) is 7.57. The van der Waals surface area contributed by atoms with Crippen LogP contribution in [0.5, 0.6) is 0 Å². The van der Waals surface area contributed by atoms with E-state index in [9.17, 15) is 9.18 Å². The van der Waals surface area contributed by atoms with Crippen LogP contribution in [0.3, 0.4) is 0 Å². The molecule has 0 aromatic heterocycles. The maximum Gasteiger partial charge on any atom is 0.242 e. The Kier molecular flexibility index (Phi) is 6.39. The third-order valence-electron chi connectivity index (χ3n) is 3.18. The Morgan fingerprint density at radius 1 is 1.55 bits per heavy atom. The molecule has 1 atom stereocenters. The summed E-state index contributed by atoms with van der Waals surface area (Å²) in [5.41, 5.74) is 6.57. The Morgan fingerprint density at radius 2 is 2.25 bits per heavy atom. The van der Waals surface area contributed by atoms with Crippen LogP contribution in [0.2, 0.25) is 0 Å². The summed E-state index contributed by atoms with van der Waals surface area (Å²) >= 11 is 0. The summed E-state index contributed by atoms with van der Waals surface area (Å²) < 4.78 is 18.1. The summed E-state index contributed by atoms with van der Waals surface area (Å²) in [5.74, 6) is -0.421. The Labute approximate surface area is 124 Å². The van der Waals surface area contributed by atoms with Crippen LogP contribution in [0.4, 0.5) is 4.39 Å². The highest BCUT2D eigenvalue weighted by Crippen LogP contribution is 2.29. The molecule has 1 amide bonds. The van der Waals surface area contributed by atoms with E-state index in [0.29, 0.717) is 6.54 Å². The molecule has 1 aliphatic rings. The highest BCUT2D eigenvalue weighted by atomic mass is 35.5. The van der Waals surface area contributed by atoms with Crippen molar-refractivity contribution in [3.05, 3.63) is 35.6 Å². The first kappa shape index (κ1) is 16.9. The molecule has 1 unspecified atom stereocenters. The molecular formula is C14H20ClFN2O2. The quantitative estimate of drug-likeness (QED) is 0.870. The Morgan fingerprint density at radius 3 is 2.80 bits per heavy atom. The van der Waals surface area contributed by atoms with Crippen molar-refractivity contribution in [2.45, 2.75) is 31.5 Å². The van der Waals surface area contributed by atoms with Gasteiger partial charge < -0.3 is 15.4 Å². The van der Waals surface area contributed by atoms with E-state index in [-0.39, 0.29) is 36.8 Å². The standard InChI is InChI=1S/C14H19FN2O2.ClH/c1-19-9-13(16)14(18)17(12-5-6-12)8-10-3-2-4-11(15)7-10;/h2-4,7,12-13H,5-6,8-9,16H2,1H3;1H. The Balaban J connectivity index is 0.00000200. The van der Waals surface area contributed by atoms with Crippen LogP contribution in [-0.2, 0) is 16.1 Å². The number of benzene rings is 1. The van der Waals surface area contributed by atoms with Crippen LogP contribution in [-0.4, -0.2) is 36.6 Å². The highest BCUT2D eigenvalue weighted by Gasteiger charge is 2.34. The lowest BCUT2D eigenvalue weighted by Gasteiger charge is -2.25. The number of nitrogens with two attached hydrogens (primary N) is 1. The van der Waals surface area contributed by atoms with Crippen molar-refractivity contribution in [2.24, 2.45) is 5.73 Å². The van der Waals surface area contributed by atoms with Gasteiger partial charge in [-0.15, -0.1) is 12.4 Å². The molecule has 20 heavy (non-hydrogen) atoms. The lowest BCUT2D eigenvalue weighted by atomic mass is 10.2. The summed E-state index contributed by atoms with van der Waals surface area (Å²) in [6.07, 6.45) is 1.97. The lowest BCUT2D eigenvalue weighted by Crippen LogP contribution is -2.46. The van der Waals surface area contributed by atoms with Gasteiger partial charge in [-0.1, -0.05) is 12.1 Å². The number of carbonyl (C=O) groups is 1. The van der Waals surface area contributed by atoms with Gasteiger partial charge in [0, 0.05) is 19.7 Å². The molecular weight excluding hydrogens is 283 g/mol. The minimum absolute atomic E-state index is 0. The van der Waals surface area contributed by atoms with Gasteiger partial charge in [0.25, 0.3) is 0 Å². The minimum Gasteiger partial charge on any atom is -0.383 e. The number of hydrogen-bond donors (Lipinski definition) is 1. The molecule has 1 fully saturated rings. The van der Waals surface area contributed by atoms with Crippen molar-refractivity contribution < 1.29 is 13.9 Å². The first-order chi connectivity index (χ1) is 9.11. The second-order valence-electron chi connectivity index (χ2n) is 4.89. The van der Waals surface area contributed by atoms with E-state index in [4.69, 9.17) is 10.5 Å². The van der Waals surface area contributed by atoms with Gasteiger partial charge in [0.2, 0.25) is 5.91 Å².